The smallest absolute Gasteiger partial charge is 0.253 e. The van der Waals surface area contributed by atoms with Crippen molar-refractivity contribution >= 4 is 17.1 Å². The summed E-state index contributed by atoms with van der Waals surface area (Å²) in [5.41, 5.74) is 2.86. The monoisotopic (exact) mass is 353 g/mol. The number of amides is 1. The van der Waals surface area contributed by atoms with Crippen LogP contribution in [0.2, 0.25) is 0 Å². The Morgan fingerprint density at radius 1 is 1.35 bits per heavy atom. The lowest BCUT2D eigenvalue weighted by Gasteiger charge is -2.15. The standard InChI is InChI=1S/C19H23N5O2/c1-4-15(12-26-3)22-19(25)14-9-16-18(21-11-14)24(5-2)17(23-16)13-7-6-8-20-10-13/h6-11,15H,4-5,12H2,1-3H3,(H,22,25). The molecule has 0 spiro atoms. The Balaban J connectivity index is 1.95. The predicted octanol–water partition coefficient (Wildman–Crippen LogP) is 2.67. The quantitative estimate of drug-likeness (QED) is 0.706. The van der Waals surface area contributed by atoms with Crippen LogP contribution < -0.4 is 5.32 Å². The van der Waals surface area contributed by atoms with Gasteiger partial charge in [0, 0.05) is 37.8 Å². The van der Waals surface area contributed by atoms with E-state index in [1.807, 2.05) is 30.5 Å². The number of hydrogen-bond donors (Lipinski definition) is 1. The van der Waals surface area contributed by atoms with Crippen molar-refractivity contribution in [2.45, 2.75) is 32.9 Å². The van der Waals surface area contributed by atoms with Crippen LogP contribution in [0.15, 0.2) is 36.8 Å². The molecule has 3 aromatic rings. The van der Waals surface area contributed by atoms with Crippen molar-refractivity contribution in [3.8, 4) is 11.4 Å². The highest BCUT2D eigenvalue weighted by Crippen LogP contribution is 2.23. The number of aryl methyl sites for hydroxylation is 1. The Morgan fingerprint density at radius 2 is 2.19 bits per heavy atom. The molecule has 0 aromatic carbocycles. The van der Waals surface area contributed by atoms with Gasteiger partial charge in [-0.05, 0) is 31.5 Å². The largest absolute Gasteiger partial charge is 0.383 e. The molecular formula is C19H23N5O2. The molecule has 26 heavy (non-hydrogen) atoms. The molecule has 136 valence electrons. The highest BCUT2D eigenvalue weighted by molar-refractivity contribution is 5.96. The molecule has 3 rings (SSSR count). The third-order valence-electron chi connectivity index (χ3n) is 4.28. The molecule has 0 saturated carbocycles. The van der Waals surface area contributed by atoms with Gasteiger partial charge in [-0.25, -0.2) is 9.97 Å². The van der Waals surface area contributed by atoms with Crippen LogP contribution in [0.3, 0.4) is 0 Å². The van der Waals surface area contributed by atoms with E-state index in [-0.39, 0.29) is 11.9 Å². The van der Waals surface area contributed by atoms with Gasteiger partial charge in [0.1, 0.15) is 11.3 Å². The van der Waals surface area contributed by atoms with Crippen LogP contribution in [0.25, 0.3) is 22.6 Å². The van der Waals surface area contributed by atoms with Gasteiger partial charge in [-0.15, -0.1) is 0 Å². The van der Waals surface area contributed by atoms with Crippen LogP contribution in [0.4, 0.5) is 0 Å². The lowest BCUT2D eigenvalue weighted by Crippen LogP contribution is -2.37. The highest BCUT2D eigenvalue weighted by Gasteiger charge is 2.17. The normalized spacial score (nSPS) is 12.3. The minimum atomic E-state index is -0.169. The molecule has 3 aromatic heterocycles. The van der Waals surface area contributed by atoms with E-state index in [0.29, 0.717) is 17.7 Å². The number of nitrogens with one attached hydrogen (secondary N) is 1. The van der Waals surface area contributed by atoms with Crippen molar-refractivity contribution in [2.24, 2.45) is 0 Å². The zero-order valence-corrected chi connectivity index (χ0v) is 15.3. The number of rotatable bonds is 7. The van der Waals surface area contributed by atoms with Gasteiger partial charge in [0.05, 0.1) is 18.2 Å². The number of fused-ring (bicyclic) bond motifs is 1. The van der Waals surface area contributed by atoms with E-state index in [9.17, 15) is 4.79 Å². The van der Waals surface area contributed by atoms with Gasteiger partial charge in [-0.2, -0.15) is 0 Å². The van der Waals surface area contributed by atoms with Gasteiger partial charge in [-0.1, -0.05) is 6.92 Å². The van der Waals surface area contributed by atoms with E-state index in [4.69, 9.17) is 4.74 Å². The van der Waals surface area contributed by atoms with Crippen LogP contribution >= 0.6 is 0 Å². The number of carbonyl (C=O) groups excluding carboxylic acids is 1. The third-order valence-corrected chi connectivity index (χ3v) is 4.28. The Kier molecular flexibility index (Phi) is 5.58. The summed E-state index contributed by atoms with van der Waals surface area (Å²) in [6.07, 6.45) is 5.90. The number of aromatic nitrogens is 4. The van der Waals surface area contributed by atoms with E-state index in [0.717, 1.165) is 30.0 Å². The molecule has 1 N–H and O–H groups in total. The van der Waals surface area contributed by atoms with Crippen molar-refractivity contribution in [3.05, 3.63) is 42.4 Å². The first kappa shape index (κ1) is 18.0. The fourth-order valence-electron chi connectivity index (χ4n) is 2.88. The second kappa shape index (κ2) is 8.05. The van der Waals surface area contributed by atoms with Crippen LogP contribution in [0.5, 0.6) is 0 Å². The SMILES string of the molecule is CCC(COC)NC(=O)c1cnc2c(c1)nc(-c1cccnc1)n2CC. The van der Waals surface area contributed by atoms with E-state index >= 15 is 0 Å². The van der Waals surface area contributed by atoms with Crippen molar-refractivity contribution in [2.75, 3.05) is 13.7 Å². The molecule has 1 amide bonds. The Bertz CT molecular complexity index is 892. The Hall–Kier alpha value is -2.80. The first-order valence-corrected chi connectivity index (χ1v) is 8.74. The third kappa shape index (κ3) is 3.57. The summed E-state index contributed by atoms with van der Waals surface area (Å²) in [5, 5.41) is 2.97. The molecule has 7 heteroatoms. The molecule has 1 unspecified atom stereocenters. The minimum absolute atomic E-state index is 0.0256. The number of imidazole rings is 1. The molecule has 3 heterocycles. The molecule has 0 bridgehead atoms. The van der Waals surface area contributed by atoms with Gasteiger partial charge in [-0.3, -0.25) is 9.78 Å². The number of carbonyl (C=O) groups is 1. The zero-order chi connectivity index (χ0) is 18.5. The molecule has 0 aliphatic heterocycles. The van der Waals surface area contributed by atoms with Crippen molar-refractivity contribution in [1.29, 1.82) is 0 Å². The minimum Gasteiger partial charge on any atom is -0.383 e. The summed E-state index contributed by atoms with van der Waals surface area (Å²) in [7, 11) is 1.62. The number of ether oxygens (including phenoxy) is 1. The summed E-state index contributed by atoms with van der Waals surface area (Å²) in [4.78, 5) is 25.8. The maximum absolute atomic E-state index is 12.5. The predicted molar refractivity (Wildman–Crippen MR) is 99.9 cm³/mol. The average molecular weight is 353 g/mol. The lowest BCUT2D eigenvalue weighted by molar-refractivity contribution is 0.0894. The number of nitrogens with zero attached hydrogens (tertiary/aromatic N) is 4. The molecule has 0 radical (unpaired) electrons. The maximum atomic E-state index is 12.5. The van der Waals surface area contributed by atoms with Crippen LogP contribution in [-0.2, 0) is 11.3 Å². The van der Waals surface area contributed by atoms with Crippen molar-refractivity contribution in [1.82, 2.24) is 24.8 Å². The Labute approximate surface area is 152 Å². The van der Waals surface area contributed by atoms with Crippen molar-refractivity contribution in [3.63, 3.8) is 0 Å². The van der Waals surface area contributed by atoms with E-state index in [2.05, 4.69) is 20.3 Å². The van der Waals surface area contributed by atoms with Gasteiger partial charge in [0.2, 0.25) is 0 Å². The highest BCUT2D eigenvalue weighted by atomic mass is 16.5. The number of methoxy groups -OCH3 is 1. The van der Waals surface area contributed by atoms with E-state index < -0.39 is 0 Å². The number of hydrogen-bond acceptors (Lipinski definition) is 5. The fourth-order valence-corrected chi connectivity index (χ4v) is 2.88. The van der Waals surface area contributed by atoms with Crippen LogP contribution in [0.1, 0.15) is 30.6 Å². The average Bonchev–Trinajstić information content (AvgIpc) is 3.05. The number of pyridine rings is 2. The van der Waals surface area contributed by atoms with Gasteiger partial charge in [0.25, 0.3) is 5.91 Å². The second-order valence-electron chi connectivity index (χ2n) is 6.02. The molecule has 7 nitrogen and oxygen atoms in total. The lowest BCUT2D eigenvalue weighted by atomic mass is 10.2. The van der Waals surface area contributed by atoms with Crippen molar-refractivity contribution < 1.29 is 9.53 Å². The first-order chi connectivity index (χ1) is 12.7. The van der Waals surface area contributed by atoms with E-state index in [1.54, 1.807) is 31.8 Å². The van der Waals surface area contributed by atoms with E-state index in [1.165, 1.54) is 0 Å². The summed E-state index contributed by atoms with van der Waals surface area (Å²) in [6.45, 7) is 5.26. The van der Waals surface area contributed by atoms with Gasteiger partial charge < -0.3 is 14.6 Å². The molecule has 0 aliphatic carbocycles. The summed E-state index contributed by atoms with van der Waals surface area (Å²) in [5.74, 6) is 0.628. The molecule has 0 fully saturated rings. The molecular weight excluding hydrogens is 330 g/mol. The summed E-state index contributed by atoms with van der Waals surface area (Å²) < 4.78 is 7.15. The first-order valence-electron chi connectivity index (χ1n) is 8.74. The second-order valence-corrected chi connectivity index (χ2v) is 6.02. The fraction of sp³-hybridized carbons (Fsp3) is 0.368. The summed E-state index contributed by atoms with van der Waals surface area (Å²) >= 11 is 0. The zero-order valence-electron chi connectivity index (χ0n) is 15.3. The Morgan fingerprint density at radius 3 is 2.85 bits per heavy atom. The molecule has 0 aliphatic rings. The van der Waals surface area contributed by atoms with Crippen LogP contribution in [0, 0.1) is 0 Å². The summed E-state index contributed by atoms with van der Waals surface area (Å²) in [6, 6.07) is 5.59. The molecule has 0 saturated heterocycles. The van der Waals surface area contributed by atoms with Gasteiger partial charge >= 0.3 is 0 Å². The molecule has 1 atom stereocenters. The van der Waals surface area contributed by atoms with Crippen LogP contribution in [-0.4, -0.2) is 45.2 Å². The van der Waals surface area contributed by atoms with Gasteiger partial charge in [0.15, 0.2) is 5.65 Å². The topological polar surface area (TPSA) is 81.9 Å². The maximum Gasteiger partial charge on any atom is 0.253 e.